The number of amides is 3. The van der Waals surface area contributed by atoms with Crippen molar-refractivity contribution in [1.82, 2.24) is 14.9 Å². The Labute approximate surface area is 175 Å². The molecule has 0 radical (unpaired) electrons. The van der Waals surface area contributed by atoms with E-state index in [1.807, 2.05) is 0 Å². The molecule has 1 atom stereocenters. The van der Waals surface area contributed by atoms with Gasteiger partial charge in [-0.15, -0.1) is 13.2 Å². The summed E-state index contributed by atoms with van der Waals surface area (Å²) in [6.45, 7) is 1.99. The largest absolute Gasteiger partial charge is 0.573 e. The van der Waals surface area contributed by atoms with Gasteiger partial charge in [-0.25, -0.2) is 9.78 Å². The van der Waals surface area contributed by atoms with Gasteiger partial charge in [0.05, 0.1) is 6.61 Å². The average molecular weight is 441 g/mol. The molecule has 1 aliphatic rings. The predicted molar refractivity (Wildman–Crippen MR) is 105 cm³/mol. The first kappa shape index (κ1) is 22.4. The first-order chi connectivity index (χ1) is 14.6. The molecular formula is C19H22F3N5O4. The Morgan fingerprint density at radius 1 is 1.26 bits per heavy atom. The number of imidazole rings is 1. The first-order valence-corrected chi connectivity index (χ1v) is 9.55. The van der Waals surface area contributed by atoms with Crippen LogP contribution in [0.4, 0.5) is 29.5 Å². The summed E-state index contributed by atoms with van der Waals surface area (Å²) in [6.07, 6.45) is -1.17. The maximum absolute atomic E-state index is 12.4. The second kappa shape index (κ2) is 9.25. The van der Waals surface area contributed by atoms with Crippen LogP contribution in [0, 0.1) is 5.92 Å². The molecule has 0 saturated heterocycles. The van der Waals surface area contributed by atoms with Gasteiger partial charge in [-0.3, -0.25) is 10.1 Å². The Kier molecular flexibility index (Phi) is 6.68. The molecule has 2 aromatic rings. The maximum Gasteiger partial charge on any atom is 0.573 e. The van der Waals surface area contributed by atoms with Crippen molar-refractivity contribution in [3.63, 3.8) is 0 Å². The molecule has 3 rings (SSSR count). The van der Waals surface area contributed by atoms with Gasteiger partial charge in [0.15, 0.2) is 5.82 Å². The van der Waals surface area contributed by atoms with Crippen molar-refractivity contribution in [3.05, 3.63) is 36.3 Å². The van der Waals surface area contributed by atoms with Gasteiger partial charge in [0.1, 0.15) is 5.75 Å². The Morgan fingerprint density at radius 2 is 1.94 bits per heavy atom. The summed E-state index contributed by atoms with van der Waals surface area (Å²) in [7, 11) is 0. The van der Waals surface area contributed by atoms with Crippen LogP contribution in [0.5, 0.6) is 5.75 Å². The topological polar surface area (TPSA) is 118 Å². The molecule has 0 spiro atoms. The second-order valence-corrected chi connectivity index (χ2v) is 7.25. The smallest absolute Gasteiger partial charge is 0.406 e. The number of nitrogens with zero attached hydrogens (tertiary/aromatic N) is 2. The highest BCUT2D eigenvalue weighted by atomic mass is 19.4. The fourth-order valence-electron chi connectivity index (χ4n) is 2.73. The summed E-state index contributed by atoms with van der Waals surface area (Å²) >= 11 is 0. The Morgan fingerprint density at radius 3 is 2.52 bits per heavy atom. The molecule has 0 bridgehead atoms. The van der Waals surface area contributed by atoms with Crippen LogP contribution in [-0.2, 0) is 6.54 Å². The van der Waals surface area contributed by atoms with E-state index in [1.165, 1.54) is 18.3 Å². The van der Waals surface area contributed by atoms with E-state index in [1.54, 1.807) is 11.5 Å². The quantitative estimate of drug-likeness (QED) is 0.503. The number of aliphatic hydroxyl groups excluding tert-OH is 1. The monoisotopic (exact) mass is 441 g/mol. The number of halogens is 3. The molecule has 1 unspecified atom stereocenters. The van der Waals surface area contributed by atoms with Crippen LogP contribution in [0.15, 0.2) is 30.5 Å². The second-order valence-electron chi connectivity index (χ2n) is 7.25. The van der Waals surface area contributed by atoms with Crippen LogP contribution >= 0.6 is 0 Å². The van der Waals surface area contributed by atoms with Crippen molar-refractivity contribution in [2.45, 2.75) is 38.7 Å². The molecule has 1 heterocycles. The number of ether oxygens (including phenoxy) is 1. The molecule has 1 saturated carbocycles. The normalized spacial score (nSPS) is 14.6. The summed E-state index contributed by atoms with van der Waals surface area (Å²) in [5, 5.41) is 16.7. The van der Waals surface area contributed by atoms with E-state index in [0.717, 1.165) is 25.0 Å². The van der Waals surface area contributed by atoms with E-state index in [9.17, 15) is 22.8 Å². The molecule has 12 heteroatoms. The maximum atomic E-state index is 12.4. The third kappa shape index (κ3) is 6.88. The van der Waals surface area contributed by atoms with Crippen LogP contribution in [0.1, 0.15) is 30.4 Å². The van der Waals surface area contributed by atoms with Gasteiger partial charge in [0, 0.05) is 24.5 Å². The number of carbonyl (C=O) groups is 2. The van der Waals surface area contributed by atoms with Crippen molar-refractivity contribution in [2.75, 3.05) is 17.2 Å². The lowest BCUT2D eigenvalue weighted by Crippen LogP contribution is -2.36. The minimum absolute atomic E-state index is 0.108. The van der Waals surface area contributed by atoms with Crippen LogP contribution in [0.25, 0.3) is 0 Å². The lowest BCUT2D eigenvalue weighted by atomic mass is 10.3. The summed E-state index contributed by atoms with van der Waals surface area (Å²) in [4.78, 5) is 28.8. The molecule has 1 aliphatic carbocycles. The molecule has 4 N–H and O–H groups in total. The standard InChI is InChI=1S/C19H22F3N5O4/c1-11(10-28)23-17(29)16-25-15(9-27(16)8-12-2-3-12)26-18(30)24-13-4-6-14(7-5-13)31-19(20,21)22/h4-7,9,11-12,28H,2-3,8,10H2,1H3,(H,23,29)(H2,24,26,30). The molecule has 1 aromatic carbocycles. The van der Waals surface area contributed by atoms with Gasteiger partial charge >= 0.3 is 12.4 Å². The van der Waals surface area contributed by atoms with Crippen molar-refractivity contribution in [1.29, 1.82) is 0 Å². The summed E-state index contributed by atoms with van der Waals surface area (Å²) in [6, 6.07) is 3.50. The van der Waals surface area contributed by atoms with Crippen molar-refractivity contribution >= 4 is 23.4 Å². The molecule has 1 aromatic heterocycles. The summed E-state index contributed by atoms with van der Waals surface area (Å²) in [5.74, 6) is -0.204. The number of hydrogen-bond donors (Lipinski definition) is 4. The Balaban J connectivity index is 1.64. The van der Waals surface area contributed by atoms with E-state index in [4.69, 9.17) is 5.11 Å². The van der Waals surface area contributed by atoms with Gasteiger partial charge in [0.2, 0.25) is 5.82 Å². The molecule has 3 amide bonds. The number of rotatable bonds is 8. The van der Waals surface area contributed by atoms with E-state index >= 15 is 0 Å². The third-order valence-corrected chi connectivity index (χ3v) is 4.37. The van der Waals surface area contributed by atoms with Crippen molar-refractivity contribution in [3.8, 4) is 5.75 Å². The van der Waals surface area contributed by atoms with Gasteiger partial charge in [-0.1, -0.05) is 0 Å². The summed E-state index contributed by atoms with van der Waals surface area (Å²) < 4.78 is 42.0. The number of anilines is 2. The van der Waals surface area contributed by atoms with Gasteiger partial charge in [-0.2, -0.15) is 0 Å². The fourth-order valence-corrected chi connectivity index (χ4v) is 2.73. The number of nitrogens with one attached hydrogen (secondary N) is 3. The highest BCUT2D eigenvalue weighted by Crippen LogP contribution is 2.31. The molecule has 0 aliphatic heterocycles. The predicted octanol–water partition coefficient (Wildman–Crippen LogP) is 2.95. The number of carbonyl (C=O) groups excluding carboxylic acids is 2. The third-order valence-electron chi connectivity index (χ3n) is 4.37. The lowest BCUT2D eigenvalue weighted by molar-refractivity contribution is -0.274. The lowest BCUT2D eigenvalue weighted by Gasteiger charge is -2.11. The zero-order valence-electron chi connectivity index (χ0n) is 16.6. The highest BCUT2D eigenvalue weighted by Gasteiger charge is 2.31. The van der Waals surface area contributed by atoms with Crippen LogP contribution in [0.2, 0.25) is 0 Å². The number of hydrogen-bond acceptors (Lipinski definition) is 5. The SMILES string of the molecule is CC(CO)NC(=O)c1nc(NC(=O)Nc2ccc(OC(F)(F)F)cc2)cn1CC1CC1. The van der Waals surface area contributed by atoms with Crippen LogP contribution in [-0.4, -0.2) is 45.6 Å². The van der Waals surface area contributed by atoms with E-state index < -0.39 is 30.1 Å². The number of aliphatic hydroxyl groups is 1. The Hall–Kier alpha value is -3.28. The number of aromatic nitrogens is 2. The number of benzene rings is 1. The van der Waals surface area contributed by atoms with E-state index in [-0.39, 0.29) is 23.9 Å². The fraction of sp³-hybridized carbons (Fsp3) is 0.421. The number of urea groups is 1. The van der Waals surface area contributed by atoms with Crippen molar-refractivity contribution < 1.29 is 32.6 Å². The Bertz CT molecular complexity index is 926. The van der Waals surface area contributed by atoms with Gasteiger partial charge < -0.3 is 25.0 Å². The van der Waals surface area contributed by atoms with Crippen LogP contribution in [0.3, 0.4) is 0 Å². The van der Waals surface area contributed by atoms with E-state index in [2.05, 4.69) is 25.7 Å². The molecule has 168 valence electrons. The minimum atomic E-state index is -4.80. The first-order valence-electron chi connectivity index (χ1n) is 9.55. The molecular weight excluding hydrogens is 419 g/mol. The molecule has 1 fully saturated rings. The molecule has 31 heavy (non-hydrogen) atoms. The number of alkyl halides is 3. The zero-order chi connectivity index (χ0) is 22.6. The zero-order valence-corrected chi connectivity index (χ0v) is 16.6. The highest BCUT2D eigenvalue weighted by molar-refractivity contribution is 5.99. The van der Waals surface area contributed by atoms with E-state index in [0.29, 0.717) is 12.5 Å². The van der Waals surface area contributed by atoms with Crippen molar-refractivity contribution in [2.24, 2.45) is 5.92 Å². The van der Waals surface area contributed by atoms with Gasteiger partial charge in [-0.05, 0) is 49.9 Å². The average Bonchev–Trinajstić information content (AvgIpc) is 3.41. The van der Waals surface area contributed by atoms with Gasteiger partial charge in [0.25, 0.3) is 5.91 Å². The minimum Gasteiger partial charge on any atom is -0.406 e. The van der Waals surface area contributed by atoms with Crippen LogP contribution < -0.4 is 20.7 Å². The molecule has 9 nitrogen and oxygen atoms in total. The summed E-state index contributed by atoms with van der Waals surface area (Å²) in [5.41, 5.74) is 0.235.